The lowest BCUT2D eigenvalue weighted by molar-refractivity contribution is 0.0760. The van der Waals surface area contributed by atoms with Crippen molar-refractivity contribution in [1.29, 1.82) is 0 Å². The van der Waals surface area contributed by atoms with Crippen LogP contribution in [0.2, 0.25) is 0 Å². The Morgan fingerprint density at radius 1 is 1.04 bits per heavy atom. The van der Waals surface area contributed by atoms with Crippen molar-refractivity contribution in [2.45, 2.75) is 13.0 Å². The van der Waals surface area contributed by atoms with E-state index in [2.05, 4.69) is 9.88 Å². The minimum Gasteiger partial charge on any atom is -0.337 e. The number of hydrogen-bond acceptors (Lipinski definition) is 3. The summed E-state index contributed by atoms with van der Waals surface area (Å²) in [7, 11) is 0. The largest absolute Gasteiger partial charge is 0.337 e. The van der Waals surface area contributed by atoms with Gasteiger partial charge in [-0.15, -0.1) is 0 Å². The van der Waals surface area contributed by atoms with Gasteiger partial charge >= 0.3 is 0 Å². The van der Waals surface area contributed by atoms with Gasteiger partial charge in [0, 0.05) is 45.0 Å². The van der Waals surface area contributed by atoms with Gasteiger partial charge in [0.1, 0.15) is 5.82 Å². The van der Waals surface area contributed by atoms with E-state index in [9.17, 15) is 14.0 Å². The molecule has 1 saturated heterocycles. The Hall–Kier alpha value is -2.47. The molecule has 0 aliphatic carbocycles. The maximum Gasteiger partial charge on any atom is 0.255 e. The summed E-state index contributed by atoms with van der Waals surface area (Å²) < 4.78 is 13.0. The van der Waals surface area contributed by atoms with Crippen LogP contribution >= 0.6 is 0 Å². The van der Waals surface area contributed by atoms with E-state index in [4.69, 9.17) is 0 Å². The van der Waals surface area contributed by atoms with Crippen LogP contribution in [-0.2, 0) is 6.54 Å². The summed E-state index contributed by atoms with van der Waals surface area (Å²) in [5, 5.41) is 0. The van der Waals surface area contributed by atoms with E-state index >= 15 is 0 Å². The molecule has 6 heteroatoms. The monoisotopic (exact) mass is 329 g/mol. The first-order chi connectivity index (χ1) is 11.6. The van der Waals surface area contributed by atoms with Gasteiger partial charge in [0.15, 0.2) is 0 Å². The van der Waals surface area contributed by atoms with Crippen LogP contribution < -0.4 is 5.56 Å². The third-order valence-corrected chi connectivity index (χ3v) is 4.23. The average molecular weight is 329 g/mol. The van der Waals surface area contributed by atoms with E-state index in [0.717, 1.165) is 31.6 Å². The Balaban J connectivity index is 1.60. The van der Waals surface area contributed by atoms with Crippen LogP contribution in [-0.4, -0.2) is 46.9 Å². The van der Waals surface area contributed by atoms with Crippen molar-refractivity contribution in [1.82, 2.24) is 14.8 Å². The zero-order valence-corrected chi connectivity index (χ0v) is 13.4. The highest BCUT2D eigenvalue weighted by Crippen LogP contribution is 2.12. The first-order valence-electron chi connectivity index (χ1n) is 8.06. The third kappa shape index (κ3) is 4.08. The molecule has 1 N–H and O–H groups in total. The van der Waals surface area contributed by atoms with Crippen LogP contribution in [0.4, 0.5) is 4.39 Å². The van der Waals surface area contributed by atoms with E-state index in [1.54, 1.807) is 18.2 Å². The van der Waals surface area contributed by atoms with Gasteiger partial charge in [-0.05, 0) is 30.2 Å². The molecule has 1 fully saturated rings. The molecule has 1 aromatic heterocycles. The van der Waals surface area contributed by atoms with E-state index in [1.165, 1.54) is 24.4 Å². The Kier molecular flexibility index (Phi) is 5.05. The molecular formula is C18H20FN3O2. The van der Waals surface area contributed by atoms with Gasteiger partial charge in [-0.1, -0.05) is 12.1 Å². The van der Waals surface area contributed by atoms with Crippen LogP contribution in [0.25, 0.3) is 0 Å². The van der Waals surface area contributed by atoms with Crippen molar-refractivity contribution < 1.29 is 9.18 Å². The predicted octanol–water partition coefficient (Wildman–Crippen LogP) is 1.86. The number of amides is 1. The van der Waals surface area contributed by atoms with Gasteiger partial charge in [-0.25, -0.2) is 4.39 Å². The number of pyridine rings is 1. The fourth-order valence-electron chi connectivity index (χ4n) is 2.91. The fourth-order valence-corrected chi connectivity index (χ4v) is 2.91. The van der Waals surface area contributed by atoms with Gasteiger partial charge < -0.3 is 9.88 Å². The number of rotatable bonds is 3. The van der Waals surface area contributed by atoms with Crippen molar-refractivity contribution in [2.24, 2.45) is 0 Å². The van der Waals surface area contributed by atoms with Crippen LogP contribution in [0.15, 0.2) is 47.4 Å². The van der Waals surface area contributed by atoms with Crippen molar-refractivity contribution >= 4 is 5.91 Å². The Labute approximate surface area is 139 Å². The lowest BCUT2D eigenvalue weighted by Crippen LogP contribution is -2.35. The SMILES string of the molecule is O=C(c1ccc(=O)[nH]c1)N1CCCN(Cc2ccc(F)cc2)CC1. The Morgan fingerprint density at radius 3 is 2.54 bits per heavy atom. The molecule has 126 valence electrons. The molecule has 0 spiro atoms. The second kappa shape index (κ2) is 7.40. The van der Waals surface area contributed by atoms with Crippen molar-refractivity contribution in [3.05, 3.63) is 69.9 Å². The van der Waals surface area contributed by atoms with Gasteiger partial charge in [-0.3, -0.25) is 14.5 Å². The number of aromatic nitrogens is 1. The first kappa shape index (κ1) is 16.4. The number of nitrogens with one attached hydrogen (secondary N) is 1. The zero-order chi connectivity index (χ0) is 16.9. The number of nitrogens with zero attached hydrogens (tertiary/aromatic N) is 2. The van der Waals surface area contributed by atoms with Gasteiger partial charge in [0.05, 0.1) is 5.56 Å². The molecule has 1 aromatic carbocycles. The number of hydrogen-bond donors (Lipinski definition) is 1. The highest BCUT2D eigenvalue weighted by Gasteiger charge is 2.20. The number of H-pyrrole nitrogens is 1. The molecule has 0 bridgehead atoms. The fraction of sp³-hybridized carbons (Fsp3) is 0.333. The van der Waals surface area contributed by atoms with Crippen molar-refractivity contribution in [2.75, 3.05) is 26.2 Å². The topological polar surface area (TPSA) is 56.4 Å². The standard InChI is InChI=1S/C18H20FN3O2/c19-16-5-2-14(3-6-16)13-21-8-1-9-22(11-10-21)18(24)15-4-7-17(23)20-12-15/h2-7,12H,1,8-11,13H2,(H,20,23). The molecule has 1 aliphatic heterocycles. The molecule has 2 aromatic rings. The zero-order valence-electron chi connectivity index (χ0n) is 13.4. The highest BCUT2D eigenvalue weighted by atomic mass is 19.1. The van der Waals surface area contributed by atoms with Crippen molar-refractivity contribution in [3.63, 3.8) is 0 Å². The minimum absolute atomic E-state index is 0.0603. The molecule has 5 nitrogen and oxygen atoms in total. The smallest absolute Gasteiger partial charge is 0.255 e. The number of benzene rings is 1. The average Bonchev–Trinajstić information content (AvgIpc) is 2.83. The summed E-state index contributed by atoms with van der Waals surface area (Å²) in [5.41, 5.74) is 1.35. The molecule has 0 unspecified atom stereocenters. The van der Waals surface area contributed by atoms with Crippen LogP contribution in [0.5, 0.6) is 0 Å². The maximum absolute atomic E-state index is 13.0. The van der Waals surface area contributed by atoms with Crippen LogP contribution in [0, 0.1) is 5.82 Å². The molecule has 0 saturated carbocycles. The number of halogens is 1. The van der Waals surface area contributed by atoms with Gasteiger partial charge in [0.2, 0.25) is 5.56 Å². The molecule has 3 rings (SSSR count). The number of carbonyl (C=O) groups is 1. The summed E-state index contributed by atoms with van der Waals surface area (Å²) in [6, 6.07) is 9.46. The van der Waals surface area contributed by atoms with E-state index < -0.39 is 0 Å². The summed E-state index contributed by atoms with van der Waals surface area (Å²) in [6.45, 7) is 3.75. The highest BCUT2D eigenvalue weighted by molar-refractivity contribution is 5.93. The number of carbonyl (C=O) groups excluding carboxylic acids is 1. The summed E-state index contributed by atoms with van der Waals surface area (Å²) >= 11 is 0. The molecule has 24 heavy (non-hydrogen) atoms. The first-order valence-corrected chi connectivity index (χ1v) is 8.06. The van der Waals surface area contributed by atoms with Crippen LogP contribution in [0.1, 0.15) is 22.3 Å². The van der Waals surface area contributed by atoms with Gasteiger partial charge in [-0.2, -0.15) is 0 Å². The number of aromatic amines is 1. The van der Waals surface area contributed by atoms with Crippen LogP contribution in [0.3, 0.4) is 0 Å². The van der Waals surface area contributed by atoms with Gasteiger partial charge in [0.25, 0.3) is 5.91 Å². The molecule has 0 radical (unpaired) electrons. The second-order valence-corrected chi connectivity index (χ2v) is 5.99. The third-order valence-electron chi connectivity index (χ3n) is 4.23. The van der Waals surface area contributed by atoms with E-state index in [0.29, 0.717) is 18.7 Å². The normalized spacial score (nSPS) is 16.0. The van der Waals surface area contributed by atoms with Crippen molar-refractivity contribution in [3.8, 4) is 0 Å². The summed E-state index contributed by atoms with van der Waals surface area (Å²) in [6.07, 6.45) is 2.35. The molecular weight excluding hydrogens is 309 g/mol. The van der Waals surface area contributed by atoms with E-state index in [1.807, 2.05) is 4.90 Å². The predicted molar refractivity (Wildman–Crippen MR) is 89.3 cm³/mol. The Morgan fingerprint density at radius 2 is 1.83 bits per heavy atom. The molecule has 1 amide bonds. The molecule has 2 heterocycles. The minimum atomic E-state index is -0.229. The van der Waals surface area contributed by atoms with E-state index in [-0.39, 0.29) is 17.3 Å². The quantitative estimate of drug-likeness (QED) is 0.935. The molecule has 0 atom stereocenters. The second-order valence-electron chi connectivity index (χ2n) is 5.99. The lowest BCUT2D eigenvalue weighted by Gasteiger charge is -2.22. The maximum atomic E-state index is 13.0. The lowest BCUT2D eigenvalue weighted by atomic mass is 10.2. The Bertz CT molecular complexity index is 737. The molecule has 1 aliphatic rings. The summed E-state index contributed by atoms with van der Waals surface area (Å²) in [4.78, 5) is 30.2. The summed E-state index contributed by atoms with van der Waals surface area (Å²) in [5.74, 6) is -0.290.